The van der Waals surface area contributed by atoms with E-state index in [1.165, 1.54) is 0 Å². The highest BCUT2D eigenvalue weighted by atomic mass is 32.1. The summed E-state index contributed by atoms with van der Waals surface area (Å²) in [6.07, 6.45) is 0. The van der Waals surface area contributed by atoms with Gasteiger partial charge in [0.1, 0.15) is 11.8 Å². The first kappa shape index (κ1) is 14.4. The second kappa shape index (κ2) is 6.97. The molecule has 2 rings (SSSR count). The predicted octanol–water partition coefficient (Wildman–Crippen LogP) is 4.27. The van der Waals surface area contributed by atoms with E-state index in [4.69, 9.17) is 10.00 Å². The SMILES string of the molecule is CC(C)COc1cccc(NCc2cc(C#N)cs2)c1. The van der Waals surface area contributed by atoms with Crippen LogP contribution in [0.15, 0.2) is 35.7 Å². The molecule has 1 aromatic heterocycles. The number of thiophene rings is 1. The Balaban J connectivity index is 1.92. The largest absolute Gasteiger partial charge is 0.493 e. The van der Waals surface area contributed by atoms with Gasteiger partial charge < -0.3 is 10.1 Å². The van der Waals surface area contributed by atoms with Crippen molar-refractivity contribution in [1.29, 1.82) is 5.26 Å². The van der Waals surface area contributed by atoms with E-state index >= 15 is 0 Å². The van der Waals surface area contributed by atoms with Gasteiger partial charge in [-0.25, -0.2) is 0 Å². The molecule has 2 aromatic rings. The third-order valence-electron chi connectivity index (χ3n) is 2.67. The van der Waals surface area contributed by atoms with Crippen LogP contribution in [-0.2, 0) is 6.54 Å². The van der Waals surface area contributed by atoms with E-state index in [0.29, 0.717) is 5.92 Å². The summed E-state index contributed by atoms with van der Waals surface area (Å²) in [5, 5.41) is 14.0. The minimum Gasteiger partial charge on any atom is -0.493 e. The van der Waals surface area contributed by atoms with Crippen LogP contribution in [0.25, 0.3) is 0 Å². The second-order valence-corrected chi connectivity index (χ2v) is 6.00. The molecule has 0 atom stereocenters. The van der Waals surface area contributed by atoms with Crippen LogP contribution in [0.5, 0.6) is 5.75 Å². The fourth-order valence-corrected chi connectivity index (χ4v) is 2.43. The first-order valence-electron chi connectivity index (χ1n) is 6.61. The van der Waals surface area contributed by atoms with E-state index in [2.05, 4.69) is 25.2 Å². The molecule has 1 aromatic carbocycles. The molecule has 3 nitrogen and oxygen atoms in total. The van der Waals surface area contributed by atoms with Gasteiger partial charge in [0.2, 0.25) is 0 Å². The summed E-state index contributed by atoms with van der Waals surface area (Å²) in [5.41, 5.74) is 1.75. The van der Waals surface area contributed by atoms with E-state index in [-0.39, 0.29) is 0 Å². The molecule has 1 heterocycles. The summed E-state index contributed by atoms with van der Waals surface area (Å²) in [6.45, 7) is 5.71. The van der Waals surface area contributed by atoms with Crippen molar-refractivity contribution < 1.29 is 4.74 Å². The van der Waals surface area contributed by atoms with Crippen LogP contribution in [-0.4, -0.2) is 6.61 Å². The molecule has 0 radical (unpaired) electrons. The third kappa shape index (κ3) is 4.29. The summed E-state index contributed by atoms with van der Waals surface area (Å²) in [5.74, 6) is 1.40. The third-order valence-corrected chi connectivity index (χ3v) is 3.60. The van der Waals surface area contributed by atoms with Crippen molar-refractivity contribution in [3.63, 3.8) is 0 Å². The zero-order valence-electron chi connectivity index (χ0n) is 11.7. The molecule has 0 aliphatic heterocycles. The van der Waals surface area contributed by atoms with E-state index < -0.39 is 0 Å². The lowest BCUT2D eigenvalue weighted by molar-refractivity contribution is 0.271. The quantitative estimate of drug-likeness (QED) is 0.862. The molecule has 0 saturated carbocycles. The summed E-state index contributed by atoms with van der Waals surface area (Å²) in [4.78, 5) is 1.15. The first-order chi connectivity index (χ1) is 9.67. The molecular weight excluding hydrogens is 268 g/mol. The number of hydrogen-bond acceptors (Lipinski definition) is 4. The Hall–Kier alpha value is -1.99. The van der Waals surface area contributed by atoms with Gasteiger partial charge in [-0.15, -0.1) is 11.3 Å². The van der Waals surface area contributed by atoms with Crippen LogP contribution in [0.1, 0.15) is 24.3 Å². The Morgan fingerprint density at radius 1 is 1.35 bits per heavy atom. The maximum atomic E-state index is 8.80. The normalized spacial score (nSPS) is 10.3. The van der Waals surface area contributed by atoms with Crippen LogP contribution >= 0.6 is 11.3 Å². The topological polar surface area (TPSA) is 45.0 Å². The molecule has 20 heavy (non-hydrogen) atoms. The zero-order chi connectivity index (χ0) is 14.4. The lowest BCUT2D eigenvalue weighted by Crippen LogP contribution is -2.05. The van der Waals surface area contributed by atoms with Crippen LogP contribution in [0.3, 0.4) is 0 Å². The maximum absolute atomic E-state index is 8.80. The molecule has 0 aliphatic rings. The summed E-state index contributed by atoms with van der Waals surface area (Å²) in [6, 6.07) is 12.0. The van der Waals surface area contributed by atoms with Crippen molar-refractivity contribution in [3.05, 3.63) is 46.2 Å². The van der Waals surface area contributed by atoms with Gasteiger partial charge in [-0.05, 0) is 24.1 Å². The fourth-order valence-electron chi connectivity index (χ4n) is 1.68. The van der Waals surface area contributed by atoms with Crippen LogP contribution < -0.4 is 10.1 Å². The number of nitrogens with zero attached hydrogens (tertiary/aromatic N) is 1. The van der Waals surface area contributed by atoms with Crippen molar-refractivity contribution in [2.45, 2.75) is 20.4 Å². The number of hydrogen-bond donors (Lipinski definition) is 1. The molecule has 0 amide bonds. The lowest BCUT2D eigenvalue weighted by atomic mass is 10.2. The van der Waals surface area contributed by atoms with Crippen LogP contribution in [0.4, 0.5) is 5.69 Å². The molecule has 0 saturated heterocycles. The molecule has 1 N–H and O–H groups in total. The van der Waals surface area contributed by atoms with Gasteiger partial charge >= 0.3 is 0 Å². The fraction of sp³-hybridized carbons (Fsp3) is 0.312. The molecule has 0 fully saturated rings. The van der Waals surface area contributed by atoms with Gasteiger partial charge in [-0.1, -0.05) is 19.9 Å². The van der Waals surface area contributed by atoms with Gasteiger partial charge in [0, 0.05) is 28.6 Å². The summed E-state index contributed by atoms with van der Waals surface area (Å²) in [7, 11) is 0. The zero-order valence-corrected chi connectivity index (χ0v) is 12.5. The van der Waals surface area contributed by atoms with Gasteiger partial charge in [0.15, 0.2) is 0 Å². The lowest BCUT2D eigenvalue weighted by Gasteiger charge is -2.10. The Labute approximate surface area is 123 Å². The molecule has 0 bridgehead atoms. The van der Waals surface area contributed by atoms with E-state index in [1.807, 2.05) is 35.7 Å². The second-order valence-electron chi connectivity index (χ2n) is 5.00. The van der Waals surface area contributed by atoms with Gasteiger partial charge in [0.25, 0.3) is 0 Å². The van der Waals surface area contributed by atoms with Crippen molar-refractivity contribution in [2.24, 2.45) is 5.92 Å². The Morgan fingerprint density at radius 2 is 2.20 bits per heavy atom. The molecular formula is C16H18N2OS. The van der Waals surface area contributed by atoms with Gasteiger partial charge in [0.05, 0.1) is 12.2 Å². The summed E-state index contributed by atoms with van der Waals surface area (Å²) >= 11 is 1.60. The highest BCUT2D eigenvalue weighted by Gasteiger charge is 2.01. The Bertz CT molecular complexity index is 599. The van der Waals surface area contributed by atoms with E-state index in [0.717, 1.165) is 35.0 Å². The highest BCUT2D eigenvalue weighted by Crippen LogP contribution is 2.20. The minimum absolute atomic E-state index is 0.516. The van der Waals surface area contributed by atoms with Crippen molar-refractivity contribution >= 4 is 17.0 Å². The number of rotatable bonds is 6. The maximum Gasteiger partial charge on any atom is 0.121 e. The average Bonchev–Trinajstić information content (AvgIpc) is 2.91. The number of anilines is 1. The monoisotopic (exact) mass is 286 g/mol. The predicted molar refractivity (Wildman–Crippen MR) is 83.1 cm³/mol. The Kier molecular flexibility index (Phi) is 5.03. The minimum atomic E-state index is 0.516. The molecule has 0 unspecified atom stereocenters. The van der Waals surface area contributed by atoms with Crippen molar-refractivity contribution in [2.75, 3.05) is 11.9 Å². The standard InChI is InChI=1S/C16H18N2OS/c1-12(2)10-19-15-5-3-4-14(7-15)18-9-16-6-13(8-17)11-20-16/h3-7,11-12,18H,9-10H2,1-2H3. The Morgan fingerprint density at radius 3 is 2.90 bits per heavy atom. The van der Waals surface area contributed by atoms with Crippen molar-refractivity contribution in [3.8, 4) is 11.8 Å². The number of ether oxygens (including phenoxy) is 1. The van der Waals surface area contributed by atoms with Gasteiger partial charge in [-0.3, -0.25) is 0 Å². The summed E-state index contributed by atoms with van der Waals surface area (Å²) < 4.78 is 5.70. The first-order valence-corrected chi connectivity index (χ1v) is 7.49. The molecule has 0 aliphatic carbocycles. The van der Waals surface area contributed by atoms with Gasteiger partial charge in [-0.2, -0.15) is 5.26 Å². The molecule has 104 valence electrons. The molecule has 0 spiro atoms. The number of nitriles is 1. The van der Waals surface area contributed by atoms with E-state index in [1.54, 1.807) is 11.3 Å². The average molecular weight is 286 g/mol. The molecule has 4 heteroatoms. The smallest absolute Gasteiger partial charge is 0.121 e. The van der Waals surface area contributed by atoms with Crippen LogP contribution in [0.2, 0.25) is 0 Å². The number of nitrogens with one attached hydrogen (secondary N) is 1. The highest BCUT2D eigenvalue weighted by molar-refractivity contribution is 7.10. The van der Waals surface area contributed by atoms with Crippen LogP contribution in [0, 0.1) is 17.2 Å². The van der Waals surface area contributed by atoms with Crippen molar-refractivity contribution in [1.82, 2.24) is 0 Å². The van der Waals surface area contributed by atoms with E-state index in [9.17, 15) is 0 Å². The number of benzene rings is 1.